The van der Waals surface area contributed by atoms with Crippen LogP contribution in [0.5, 0.6) is 11.5 Å². The lowest BCUT2D eigenvalue weighted by molar-refractivity contribution is 0.0954. The van der Waals surface area contributed by atoms with Crippen LogP contribution < -0.4 is 26.0 Å². The average molecular weight is 421 g/mol. The van der Waals surface area contributed by atoms with Gasteiger partial charge in [0.1, 0.15) is 17.3 Å². The number of methoxy groups -OCH3 is 1. The molecule has 0 spiro atoms. The Morgan fingerprint density at radius 2 is 1.74 bits per heavy atom. The summed E-state index contributed by atoms with van der Waals surface area (Å²) in [5.74, 6) is 0.935. The molecule has 9 heteroatoms. The largest absolute Gasteiger partial charge is 0.508 e. The number of nitrogens with one attached hydrogen (secondary N) is 4. The molecule has 0 fully saturated rings. The number of ether oxygens (including phenoxy) is 1. The molecule has 0 saturated heterocycles. The van der Waals surface area contributed by atoms with Gasteiger partial charge in [0.05, 0.1) is 19.0 Å². The van der Waals surface area contributed by atoms with Crippen molar-refractivity contribution in [2.24, 2.45) is 0 Å². The van der Waals surface area contributed by atoms with Crippen LogP contribution in [0.1, 0.15) is 10.4 Å². The number of rotatable bonds is 8. The number of aromatic hydroxyl groups is 1. The van der Waals surface area contributed by atoms with Gasteiger partial charge in [0.25, 0.3) is 5.91 Å². The molecule has 0 bridgehead atoms. The summed E-state index contributed by atoms with van der Waals surface area (Å²) in [4.78, 5) is 28.1. The van der Waals surface area contributed by atoms with E-state index in [1.54, 1.807) is 25.4 Å². The molecule has 0 saturated carbocycles. The average Bonchev–Trinajstić information content (AvgIpc) is 2.78. The number of benzene rings is 2. The Morgan fingerprint density at radius 1 is 0.968 bits per heavy atom. The molecule has 3 amide bonds. The Morgan fingerprint density at radius 3 is 2.45 bits per heavy atom. The third kappa shape index (κ3) is 6.64. The summed E-state index contributed by atoms with van der Waals surface area (Å²) < 4.78 is 5.19. The van der Waals surface area contributed by atoms with Crippen molar-refractivity contribution in [1.82, 2.24) is 15.6 Å². The Labute approximate surface area is 179 Å². The van der Waals surface area contributed by atoms with Gasteiger partial charge in [-0.15, -0.1) is 0 Å². The first-order valence-corrected chi connectivity index (χ1v) is 9.53. The first-order chi connectivity index (χ1) is 15.0. The zero-order valence-electron chi connectivity index (χ0n) is 16.9. The Balaban J connectivity index is 1.40. The second-order valence-electron chi connectivity index (χ2n) is 6.47. The quantitative estimate of drug-likeness (QED) is 0.356. The van der Waals surface area contributed by atoms with Crippen LogP contribution in [0, 0.1) is 0 Å². The van der Waals surface area contributed by atoms with Crippen LogP contribution in [-0.4, -0.2) is 42.2 Å². The van der Waals surface area contributed by atoms with E-state index in [1.807, 2.05) is 24.3 Å². The molecule has 1 aromatic heterocycles. The van der Waals surface area contributed by atoms with Crippen molar-refractivity contribution in [3.63, 3.8) is 0 Å². The van der Waals surface area contributed by atoms with Crippen molar-refractivity contribution in [3.8, 4) is 11.5 Å². The maximum absolute atomic E-state index is 12.0. The van der Waals surface area contributed by atoms with Crippen molar-refractivity contribution >= 4 is 29.1 Å². The highest BCUT2D eigenvalue weighted by Crippen LogP contribution is 2.21. The minimum absolute atomic E-state index is 0.0904. The molecular formula is C22H23N5O4. The molecule has 3 aromatic rings. The number of amides is 3. The van der Waals surface area contributed by atoms with Crippen LogP contribution in [0.3, 0.4) is 0 Å². The number of hydrogen-bond acceptors (Lipinski definition) is 6. The lowest BCUT2D eigenvalue weighted by atomic mass is 10.2. The van der Waals surface area contributed by atoms with Crippen molar-refractivity contribution in [3.05, 3.63) is 72.4 Å². The third-order valence-corrected chi connectivity index (χ3v) is 4.19. The highest BCUT2D eigenvalue weighted by Gasteiger charge is 2.06. The normalized spacial score (nSPS) is 10.1. The van der Waals surface area contributed by atoms with E-state index < -0.39 is 6.03 Å². The molecule has 2 aromatic carbocycles. The van der Waals surface area contributed by atoms with Crippen molar-refractivity contribution in [2.45, 2.75) is 0 Å². The summed E-state index contributed by atoms with van der Waals surface area (Å²) in [6, 6.07) is 16.4. The number of phenolic OH excluding ortho intramolecular Hbond substituents is 1. The van der Waals surface area contributed by atoms with Crippen LogP contribution in [0.4, 0.5) is 22.0 Å². The molecule has 1 heterocycles. The highest BCUT2D eigenvalue weighted by atomic mass is 16.5. The number of pyridine rings is 1. The van der Waals surface area contributed by atoms with Gasteiger partial charge in [-0.05, 0) is 48.5 Å². The molecule has 0 atom stereocenters. The number of aromatic nitrogens is 1. The van der Waals surface area contributed by atoms with E-state index in [0.29, 0.717) is 11.4 Å². The fraction of sp³-hybridized carbons (Fsp3) is 0.136. The summed E-state index contributed by atoms with van der Waals surface area (Å²) in [6.45, 7) is 0.495. The fourth-order valence-electron chi connectivity index (χ4n) is 2.64. The van der Waals surface area contributed by atoms with Crippen LogP contribution in [0.2, 0.25) is 0 Å². The van der Waals surface area contributed by atoms with Gasteiger partial charge < -0.3 is 25.8 Å². The van der Waals surface area contributed by atoms with Crippen molar-refractivity contribution in [1.29, 1.82) is 0 Å². The van der Waals surface area contributed by atoms with Crippen LogP contribution in [0.25, 0.3) is 0 Å². The first-order valence-electron chi connectivity index (χ1n) is 9.53. The summed E-state index contributed by atoms with van der Waals surface area (Å²) in [7, 11) is 1.61. The predicted molar refractivity (Wildman–Crippen MR) is 118 cm³/mol. The molecule has 160 valence electrons. The zero-order chi connectivity index (χ0) is 22.1. The topological polar surface area (TPSA) is 125 Å². The number of urea groups is 1. The van der Waals surface area contributed by atoms with Gasteiger partial charge in [-0.25, -0.2) is 9.78 Å². The molecule has 3 rings (SSSR count). The monoisotopic (exact) mass is 421 g/mol. The number of carbonyl (C=O) groups excluding carboxylic acids is 2. The lowest BCUT2D eigenvalue weighted by Gasteiger charge is -2.10. The molecule has 0 radical (unpaired) electrons. The number of hydrogen-bond donors (Lipinski definition) is 5. The zero-order valence-corrected chi connectivity index (χ0v) is 16.9. The van der Waals surface area contributed by atoms with E-state index in [0.717, 1.165) is 17.1 Å². The van der Waals surface area contributed by atoms with Crippen LogP contribution in [-0.2, 0) is 0 Å². The van der Waals surface area contributed by atoms with E-state index in [9.17, 15) is 14.7 Å². The second kappa shape index (κ2) is 10.5. The Hall–Kier alpha value is -4.27. The van der Waals surface area contributed by atoms with E-state index in [1.165, 1.54) is 24.3 Å². The van der Waals surface area contributed by atoms with Gasteiger partial charge >= 0.3 is 6.03 Å². The van der Waals surface area contributed by atoms with E-state index in [-0.39, 0.29) is 24.7 Å². The van der Waals surface area contributed by atoms with E-state index in [2.05, 4.69) is 26.3 Å². The summed E-state index contributed by atoms with van der Waals surface area (Å²) in [5, 5.41) is 20.4. The summed E-state index contributed by atoms with van der Waals surface area (Å²) in [5.41, 5.74) is 2.04. The number of nitrogens with zero attached hydrogens (tertiary/aromatic N) is 1. The minimum Gasteiger partial charge on any atom is -0.508 e. The lowest BCUT2D eigenvalue weighted by Crippen LogP contribution is -2.36. The molecule has 9 nitrogen and oxygen atoms in total. The van der Waals surface area contributed by atoms with Gasteiger partial charge in [-0.3, -0.25) is 10.1 Å². The molecule has 0 aliphatic heterocycles. The summed E-state index contributed by atoms with van der Waals surface area (Å²) in [6.07, 6.45) is 1.60. The molecule has 0 aliphatic carbocycles. The minimum atomic E-state index is -0.431. The molecule has 0 aliphatic rings. The maximum Gasteiger partial charge on any atom is 0.320 e. The maximum atomic E-state index is 12.0. The number of phenols is 1. The van der Waals surface area contributed by atoms with E-state index in [4.69, 9.17) is 4.74 Å². The smallest absolute Gasteiger partial charge is 0.320 e. The molecule has 5 N–H and O–H groups in total. The third-order valence-electron chi connectivity index (χ3n) is 4.19. The van der Waals surface area contributed by atoms with Crippen LogP contribution >= 0.6 is 0 Å². The van der Waals surface area contributed by atoms with E-state index >= 15 is 0 Å². The van der Waals surface area contributed by atoms with Crippen molar-refractivity contribution < 1.29 is 19.4 Å². The molecule has 0 unspecified atom stereocenters. The van der Waals surface area contributed by atoms with Gasteiger partial charge in [0.15, 0.2) is 0 Å². The van der Waals surface area contributed by atoms with Crippen molar-refractivity contribution in [2.75, 3.05) is 30.8 Å². The fourth-order valence-corrected chi connectivity index (χ4v) is 2.64. The first kappa shape index (κ1) is 21.4. The highest BCUT2D eigenvalue weighted by molar-refractivity contribution is 5.94. The predicted octanol–water partition coefficient (Wildman–Crippen LogP) is 3.09. The number of carbonyl (C=O) groups is 2. The standard InChI is InChI=1S/C22H23N5O4/c1-31-19-4-2-3-16(13-19)26-17-7-10-20(25-14-17)27-22(30)24-12-11-23-21(29)15-5-8-18(28)9-6-15/h2-10,13-14,26,28H,11-12H2,1H3,(H,23,29)(H2,24,25,27,30). The van der Waals surface area contributed by atoms with Gasteiger partial charge in [0, 0.05) is 30.4 Å². The van der Waals surface area contributed by atoms with Gasteiger partial charge in [-0.1, -0.05) is 6.07 Å². The summed E-state index contributed by atoms with van der Waals surface area (Å²) >= 11 is 0. The molecule has 31 heavy (non-hydrogen) atoms. The van der Waals surface area contributed by atoms with Gasteiger partial charge in [-0.2, -0.15) is 0 Å². The van der Waals surface area contributed by atoms with Crippen LogP contribution in [0.15, 0.2) is 66.9 Å². The van der Waals surface area contributed by atoms with Gasteiger partial charge in [0.2, 0.25) is 0 Å². The second-order valence-corrected chi connectivity index (χ2v) is 6.47. The SMILES string of the molecule is COc1cccc(Nc2ccc(NC(=O)NCCNC(=O)c3ccc(O)cc3)nc2)c1. The molecular weight excluding hydrogens is 398 g/mol. The number of anilines is 3. The Bertz CT molecular complexity index is 1020. The Kier molecular flexibility index (Phi) is 7.26.